The SMILES string of the molecule is CO[C@@H]1CC[C@H](CN2C(=O)Cc3ncc(-c4cnc5[nH]cc(Cl)c5c4C)cc32)OC1. The molecule has 5 rings (SSSR count). The van der Waals surface area contributed by atoms with Gasteiger partial charge in [-0.3, -0.25) is 9.78 Å². The number of amides is 1. The first-order chi connectivity index (χ1) is 14.5. The van der Waals surface area contributed by atoms with Crippen molar-refractivity contribution in [3.63, 3.8) is 0 Å². The van der Waals surface area contributed by atoms with Crippen molar-refractivity contribution in [2.75, 3.05) is 25.2 Å². The minimum atomic E-state index is 0.00775. The zero-order chi connectivity index (χ0) is 20.8. The average molecular weight is 427 g/mol. The van der Waals surface area contributed by atoms with Crippen LogP contribution in [0.25, 0.3) is 22.2 Å². The molecule has 0 unspecified atom stereocenters. The van der Waals surface area contributed by atoms with Crippen LogP contribution in [-0.2, 0) is 20.7 Å². The monoisotopic (exact) mass is 426 g/mol. The third-order valence-electron chi connectivity index (χ3n) is 6.13. The van der Waals surface area contributed by atoms with Crippen molar-refractivity contribution in [2.45, 2.75) is 38.4 Å². The smallest absolute Gasteiger partial charge is 0.233 e. The number of nitrogens with zero attached hydrogens (tertiary/aromatic N) is 3. The van der Waals surface area contributed by atoms with E-state index in [2.05, 4.69) is 15.0 Å². The van der Waals surface area contributed by atoms with Gasteiger partial charge < -0.3 is 19.4 Å². The molecule has 1 N–H and O–H groups in total. The van der Waals surface area contributed by atoms with E-state index in [1.54, 1.807) is 13.3 Å². The number of aryl methyl sites for hydroxylation is 1. The third-order valence-corrected chi connectivity index (χ3v) is 6.43. The van der Waals surface area contributed by atoms with E-state index in [1.165, 1.54) is 0 Å². The van der Waals surface area contributed by atoms with Crippen LogP contribution < -0.4 is 4.90 Å². The molecule has 1 saturated heterocycles. The van der Waals surface area contributed by atoms with Crippen LogP contribution in [0.5, 0.6) is 0 Å². The summed E-state index contributed by atoms with van der Waals surface area (Å²) >= 11 is 6.34. The summed E-state index contributed by atoms with van der Waals surface area (Å²) in [5.41, 5.74) is 5.33. The van der Waals surface area contributed by atoms with Gasteiger partial charge in [0.25, 0.3) is 0 Å². The molecule has 0 saturated carbocycles. The van der Waals surface area contributed by atoms with Gasteiger partial charge in [-0.25, -0.2) is 4.98 Å². The van der Waals surface area contributed by atoms with E-state index < -0.39 is 0 Å². The number of halogens is 1. The Labute approximate surface area is 179 Å². The molecule has 2 aliphatic heterocycles. The zero-order valence-corrected chi connectivity index (χ0v) is 17.7. The highest BCUT2D eigenvalue weighted by Gasteiger charge is 2.32. The Morgan fingerprint density at radius 3 is 2.97 bits per heavy atom. The number of ether oxygens (including phenoxy) is 2. The molecular weight excluding hydrogens is 404 g/mol. The molecule has 3 aromatic rings. The van der Waals surface area contributed by atoms with Gasteiger partial charge in [0.1, 0.15) is 5.65 Å². The number of methoxy groups -OCH3 is 1. The lowest BCUT2D eigenvalue weighted by molar-refractivity contribution is -0.118. The summed E-state index contributed by atoms with van der Waals surface area (Å²) in [7, 11) is 1.70. The van der Waals surface area contributed by atoms with Gasteiger partial charge in [0.2, 0.25) is 5.91 Å². The number of pyridine rings is 2. The first-order valence-electron chi connectivity index (χ1n) is 10.1. The van der Waals surface area contributed by atoms with Gasteiger partial charge in [0.15, 0.2) is 0 Å². The van der Waals surface area contributed by atoms with Gasteiger partial charge >= 0.3 is 0 Å². The van der Waals surface area contributed by atoms with Gasteiger partial charge in [0, 0.05) is 42.2 Å². The molecule has 0 aromatic carbocycles. The van der Waals surface area contributed by atoms with Crippen molar-refractivity contribution in [3.05, 3.63) is 40.9 Å². The van der Waals surface area contributed by atoms with Gasteiger partial charge in [-0.15, -0.1) is 0 Å². The van der Waals surface area contributed by atoms with Crippen LogP contribution in [0.2, 0.25) is 5.02 Å². The summed E-state index contributed by atoms with van der Waals surface area (Å²) in [6.07, 6.45) is 7.66. The summed E-state index contributed by atoms with van der Waals surface area (Å²) in [5, 5.41) is 1.55. The normalized spacial score (nSPS) is 21.4. The molecule has 2 atom stereocenters. The molecule has 156 valence electrons. The van der Waals surface area contributed by atoms with E-state index in [0.29, 0.717) is 24.6 Å². The summed E-state index contributed by atoms with van der Waals surface area (Å²) in [4.78, 5) is 26.7. The standard InChI is InChI=1S/C22H23ClN4O3/c1-12-16(8-25-22-21(12)17(23)9-26-22)13-5-19-18(24-7-13)6-20(28)27(19)10-14-3-4-15(29-2)11-30-14/h5,7-9,14-15H,3-4,6,10-11H2,1-2H3,(H,25,26)/t14-,15-/m1/s1. The predicted octanol–water partition coefficient (Wildman–Crippen LogP) is 3.67. The largest absolute Gasteiger partial charge is 0.379 e. The lowest BCUT2D eigenvalue weighted by atomic mass is 10.0. The van der Waals surface area contributed by atoms with Crippen LogP contribution in [0.1, 0.15) is 24.1 Å². The molecule has 0 spiro atoms. The number of anilines is 1. The van der Waals surface area contributed by atoms with Gasteiger partial charge in [-0.1, -0.05) is 11.6 Å². The van der Waals surface area contributed by atoms with Crippen molar-refractivity contribution in [1.82, 2.24) is 15.0 Å². The maximum atomic E-state index is 12.7. The maximum Gasteiger partial charge on any atom is 0.233 e. The third kappa shape index (κ3) is 3.27. The topological polar surface area (TPSA) is 80.3 Å². The van der Waals surface area contributed by atoms with Crippen molar-refractivity contribution >= 4 is 34.2 Å². The zero-order valence-electron chi connectivity index (χ0n) is 16.9. The Kier molecular flexibility index (Phi) is 4.97. The fourth-order valence-electron chi connectivity index (χ4n) is 4.39. The molecule has 0 aliphatic carbocycles. The van der Waals surface area contributed by atoms with Gasteiger partial charge in [-0.05, 0) is 31.4 Å². The number of rotatable bonds is 4. The first kappa shape index (κ1) is 19.5. The number of hydrogen-bond donors (Lipinski definition) is 1. The molecule has 2 aliphatic rings. The molecule has 1 fully saturated rings. The van der Waals surface area contributed by atoms with E-state index in [1.807, 2.05) is 30.3 Å². The fraction of sp³-hybridized carbons (Fsp3) is 0.409. The Morgan fingerprint density at radius 1 is 1.33 bits per heavy atom. The van der Waals surface area contributed by atoms with E-state index >= 15 is 0 Å². The van der Waals surface area contributed by atoms with Crippen molar-refractivity contribution in [3.8, 4) is 11.1 Å². The van der Waals surface area contributed by atoms with Gasteiger partial charge in [0.05, 0.1) is 48.2 Å². The molecule has 0 bridgehead atoms. The molecular formula is C22H23ClN4O3. The lowest BCUT2D eigenvalue weighted by Crippen LogP contribution is -2.40. The molecule has 30 heavy (non-hydrogen) atoms. The van der Waals surface area contributed by atoms with E-state index in [9.17, 15) is 4.79 Å². The van der Waals surface area contributed by atoms with Crippen LogP contribution in [0.15, 0.2) is 24.7 Å². The maximum absolute atomic E-state index is 12.7. The summed E-state index contributed by atoms with van der Waals surface area (Å²) in [6, 6.07) is 2.03. The Morgan fingerprint density at radius 2 is 2.20 bits per heavy atom. The highest BCUT2D eigenvalue weighted by Crippen LogP contribution is 2.36. The van der Waals surface area contributed by atoms with Gasteiger partial charge in [-0.2, -0.15) is 0 Å². The van der Waals surface area contributed by atoms with Crippen molar-refractivity contribution in [1.29, 1.82) is 0 Å². The average Bonchev–Trinajstić information content (AvgIpc) is 3.29. The highest BCUT2D eigenvalue weighted by molar-refractivity contribution is 6.35. The molecule has 1 amide bonds. The second-order valence-corrected chi connectivity index (χ2v) is 8.33. The summed E-state index contributed by atoms with van der Waals surface area (Å²) in [5.74, 6) is 0.0612. The minimum Gasteiger partial charge on any atom is -0.379 e. The summed E-state index contributed by atoms with van der Waals surface area (Å²) < 4.78 is 11.3. The Bertz CT molecular complexity index is 1120. The van der Waals surface area contributed by atoms with E-state index in [0.717, 1.165) is 51.9 Å². The number of carbonyl (C=O) groups excluding carboxylic acids is 1. The van der Waals surface area contributed by atoms with Crippen LogP contribution in [-0.4, -0.2) is 53.3 Å². The Balaban J connectivity index is 1.46. The van der Waals surface area contributed by atoms with E-state index in [-0.39, 0.29) is 18.1 Å². The van der Waals surface area contributed by atoms with Crippen molar-refractivity contribution < 1.29 is 14.3 Å². The second kappa shape index (κ2) is 7.65. The number of carbonyl (C=O) groups is 1. The van der Waals surface area contributed by atoms with Crippen LogP contribution in [0.3, 0.4) is 0 Å². The number of fused-ring (bicyclic) bond motifs is 2. The fourth-order valence-corrected chi connectivity index (χ4v) is 4.67. The van der Waals surface area contributed by atoms with Crippen molar-refractivity contribution in [2.24, 2.45) is 0 Å². The quantitative estimate of drug-likeness (QED) is 0.688. The minimum absolute atomic E-state index is 0.00775. The number of nitrogens with one attached hydrogen (secondary N) is 1. The number of hydrogen-bond acceptors (Lipinski definition) is 5. The molecule has 7 nitrogen and oxygen atoms in total. The first-order valence-corrected chi connectivity index (χ1v) is 10.5. The number of aromatic amines is 1. The van der Waals surface area contributed by atoms with E-state index in [4.69, 9.17) is 21.1 Å². The molecule has 8 heteroatoms. The number of H-pyrrole nitrogens is 1. The Hall–Kier alpha value is -2.48. The summed E-state index contributed by atoms with van der Waals surface area (Å²) in [6.45, 7) is 3.13. The van der Waals surface area contributed by atoms with Crippen LogP contribution >= 0.6 is 11.6 Å². The predicted molar refractivity (Wildman–Crippen MR) is 115 cm³/mol. The molecule has 3 aromatic heterocycles. The number of aromatic nitrogens is 3. The van der Waals surface area contributed by atoms with Crippen LogP contribution in [0, 0.1) is 6.92 Å². The lowest BCUT2D eigenvalue weighted by Gasteiger charge is -2.31. The molecule has 0 radical (unpaired) electrons. The molecule has 5 heterocycles. The second-order valence-electron chi connectivity index (χ2n) is 7.92. The van der Waals surface area contributed by atoms with Crippen LogP contribution in [0.4, 0.5) is 5.69 Å². The highest BCUT2D eigenvalue weighted by atomic mass is 35.5.